The second-order valence-corrected chi connectivity index (χ2v) is 10.7. The Morgan fingerprint density at radius 2 is 1.86 bits per heavy atom. The van der Waals surface area contributed by atoms with Crippen molar-refractivity contribution >= 4 is 56.2 Å². The van der Waals surface area contributed by atoms with E-state index in [-0.39, 0.29) is 17.7 Å². The molecule has 3 aromatic rings. The number of thioether (sulfide) groups is 1. The standard InChI is InChI=1S/C25H29N5O3S2/c1-15(26-23(32)18-10-11-19-21(12-18)35-25(27-19)29(3)4)22(17-8-6-5-7-9-17)28-24(33)20-13-34-14-30(20)16(2)31/h5-12,15,20,22H,13-14H2,1-4H3,(H,26,32)(H,28,33)/t15?,20-,22?/m0/s1. The summed E-state index contributed by atoms with van der Waals surface area (Å²) in [7, 11) is 3.87. The number of nitrogens with zero attached hydrogens (tertiary/aromatic N) is 3. The highest BCUT2D eigenvalue weighted by molar-refractivity contribution is 7.99. The number of carbonyl (C=O) groups is 3. The molecular formula is C25H29N5O3S2. The Hall–Kier alpha value is -3.11. The van der Waals surface area contributed by atoms with Gasteiger partial charge in [0.15, 0.2) is 5.13 Å². The first-order valence-corrected chi connectivity index (χ1v) is 13.3. The van der Waals surface area contributed by atoms with Gasteiger partial charge in [0.1, 0.15) is 6.04 Å². The molecule has 1 fully saturated rings. The predicted molar refractivity (Wildman–Crippen MR) is 142 cm³/mol. The van der Waals surface area contributed by atoms with Crippen LogP contribution in [0.25, 0.3) is 10.2 Å². The van der Waals surface area contributed by atoms with Crippen LogP contribution in [0.5, 0.6) is 0 Å². The fourth-order valence-electron chi connectivity index (χ4n) is 4.00. The molecule has 2 N–H and O–H groups in total. The van der Waals surface area contributed by atoms with Crippen LogP contribution in [0.3, 0.4) is 0 Å². The average molecular weight is 512 g/mol. The molecule has 1 aliphatic heterocycles. The molecule has 1 aromatic heterocycles. The zero-order chi connectivity index (χ0) is 25.1. The number of thiazole rings is 1. The van der Waals surface area contributed by atoms with Crippen LogP contribution in [0, 0.1) is 0 Å². The van der Waals surface area contributed by atoms with E-state index in [1.807, 2.05) is 68.4 Å². The van der Waals surface area contributed by atoms with Crippen molar-refractivity contribution in [2.24, 2.45) is 0 Å². The smallest absolute Gasteiger partial charge is 0.251 e. The van der Waals surface area contributed by atoms with Crippen molar-refractivity contribution in [3.05, 3.63) is 59.7 Å². The third-order valence-electron chi connectivity index (χ3n) is 5.93. The predicted octanol–water partition coefficient (Wildman–Crippen LogP) is 3.26. The van der Waals surface area contributed by atoms with E-state index in [4.69, 9.17) is 0 Å². The summed E-state index contributed by atoms with van der Waals surface area (Å²) in [6.07, 6.45) is 0. The highest BCUT2D eigenvalue weighted by Gasteiger charge is 2.35. The number of hydrogen-bond donors (Lipinski definition) is 2. The molecule has 1 saturated heterocycles. The zero-order valence-corrected chi connectivity index (χ0v) is 21.8. The maximum Gasteiger partial charge on any atom is 0.251 e. The number of rotatable bonds is 7. The van der Waals surface area contributed by atoms with Crippen molar-refractivity contribution in [3.63, 3.8) is 0 Å². The Morgan fingerprint density at radius 3 is 2.54 bits per heavy atom. The molecule has 2 aromatic carbocycles. The Bertz CT molecular complexity index is 1230. The van der Waals surface area contributed by atoms with Gasteiger partial charge in [-0.2, -0.15) is 0 Å². The maximum absolute atomic E-state index is 13.2. The number of amides is 3. The zero-order valence-electron chi connectivity index (χ0n) is 20.1. The van der Waals surface area contributed by atoms with Crippen LogP contribution in [-0.4, -0.2) is 65.4 Å². The Morgan fingerprint density at radius 1 is 1.11 bits per heavy atom. The van der Waals surface area contributed by atoms with Gasteiger partial charge < -0.3 is 20.4 Å². The van der Waals surface area contributed by atoms with Gasteiger partial charge in [-0.1, -0.05) is 41.7 Å². The number of fused-ring (bicyclic) bond motifs is 1. The lowest BCUT2D eigenvalue weighted by Crippen LogP contribution is -2.51. The number of aromatic nitrogens is 1. The molecule has 0 saturated carbocycles. The third kappa shape index (κ3) is 5.59. The van der Waals surface area contributed by atoms with E-state index >= 15 is 0 Å². The molecule has 10 heteroatoms. The van der Waals surface area contributed by atoms with Crippen LogP contribution in [0.2, 0.25) is 0 Å². The minimum atomic E-state index is -0.522. The number of carbonyl (C=O) groups excluding carboxylic acids is 3. The van der Waals surface area contributed by atoms with E-state index in [9.17, 15) is 14.4 Å². The molecule has 0 radical (unpaired) electrons. The molecule has 35 heavy (non-hydrogen) atoms. The van der Waals surface area contributed by atoms with Crippen molar-refractivity contribution in [1.29, 1.82) is 0 Å². The Balaban J connectivity index is 1.53. The van der Waals surface area contributed by atoms with Gasteiger partial charge in [0.25, 0.3) is 5.91 Å². The molecule has 2 heterocycles. The fourth-order valence-corrected chi connectivity index (χ4v) is 6.14. The fraction of sp³-hybridized carbons (Fsp3) is 0.360. The van der Waals surface area contributed by atoms with Crippen molar-refractivity contribution < 1.29 is 14.4 Å². The minimum absolute atomic E-state index is 0.122. The molecule has 0 spiro atoms. The van der Waals surface area contributed by atoms with Gasteiger partial charge >= 0.3 is 0 Å². The van der Waals surface area contributed by atoms with E-state index in [0.29, 0.717) is 17.2 Å². The lowest BCUT2D eigenvalue weighted by Gasteiger charge is -2.29. The van der Waals surface area contributed by atoms with Crippen LogP contribution >= 0.6 is 23.1 Å². The van der Waals surface area contributed by atoms with E-state index in [1.54, 1.807) is 22.7 Å². The van der Waals surface area contributed by atoms with Crippen LogP contribution in [0.4, 0.5) is 5.13 Å². The first-order chi connectivity index (χ1) is 16.7. The van der Waals surface area contributed by atoms with Gasteiger partial charge in [0, 0.05) is 32.3 Å². The topological polar surface area (TPSA) is 94.6 Å². The molecule has 8 nitrogen and oxygen atoms in total. The first-order valence-electron chi connectivity index (χ1n) is 11.3. The second-order valence-electron chi connectivity index (χ2n) is 8.74. The number of nitrogens with one attached hydrogen (secondary N) is 2. The summed E-state index contributed by atoms with van der Waals surface area (Å²) < 4.78 is 0.935. The molecule has 0 aliphatic carbocycles. The molecule has 4 rings (SSSR count). The largest absolute Gasteiger partial charge is 0.354 e. The van der Waals surface area contributed by atoms with Crippen molar-refractivity contribution in [2.75, 3.05) is 30.6 Å². The van der Waals surface area contributed by atoms with Crippen LogP contribution in [0.1, 0.15) is 35.8 Å². The summed E-state index contributed by atoms with van der Waals surface area (Å²) in [6, 6.07) is 13.6. The third-order valence-corrected chi connectivity index (χ3v) is 8.12. The Labute approximate surface area is 213 Å². The molecule has 3 atom stereocenters. The quantitative estimate of drug-likeness (QED) is 0.506. The normalized spacial score (nSPS) is 17.1. The summed E-state index contributed by atoms with van der Waals surface area (Å²) in [5.74, 6) is 0.491. The summed E-state index contributed by atoms with van der Waals surface area (Å²) in [6.45, 7) is 3.35. The lowest BCUT2D eigenvalue weighted by molar-refractivity contribution is -0.136. The van der Waals surface area contributed by atoms with Crippen molar-refractivity contribution in [2.45, 2.75) is 32.0 Å². The molecule has 0 bridgehead atoms. The van der Waals surface area contributed by atoms with Crippen molar-refractivity contribution in [1.82, 2.24) is 20.5 Å². The van der Waals surface area contributed by atoms with Gasteiger partial charge in [-0.25, -0.2) is 4.98 Å². The highest BCUT2D eigenvalue weighted by Crippen LogP contribution is 2.28. The van der Waals surface area contributed by atoms with Crippen LogP contribution in [0.15, 0.2) is 48.5 Å². The average Bonchev–Trinajstić information content (AvgIpc) is 3.50. The summed E-state index contributed by atoms with van der Waals surface area (Å²) in [5, 5.41) is 7.02. The summed E-state index contributed by atoms with van der Waals surface area (Å²) >= 11 is 3.09. The van der Waals surface area contributed by atoms with Gasteiger partial charge in [-0.15, -0.1) is 11.8 Å². The van der Waals surface area contributed by atoms with Gasteiger partial charge in [0.2, 0.25) is 11.8 Å². The van der Waals surface area contributed by atoms with Gasteiger partial charge in [-0.05, 0) is 30.7 Å². The molecule has 184 valence electrons. The van der Waals surface area contributed by atoms with Crippen LogP contribution < -0.4 is 15.5 Å². The Kier molecular flexibility index (Phi) is 7.61. The molecule has 1 aliphatic rings. The summed E-state index contributed by atoms with van der Waals surface area (Å²) in [4.78, 5) is 46.4. The van der Waals surface area contributed by atoms with Crippen LogP contribution in [-0.2, 0) is 9.59 Å². The number of anilines is 1. The molecule has 3 amide bonds. The maximum atomic E-state index is 13.2. The minimum Gasteiger partial charge on any atom is -0.354 e. The monoisotopic (exact) mass is 511 g/mol. The van der Waals surface area contributed by atoms with Crippen molar-refractivity contribution in [3.8, 4) is 0 Å². The lowest BCUT2D eigenvalue weighted by atomic mass is 9.99. The molecule has 2 unspecified atom stereocenters. The number of hydrogen-bond acceptors (Lipinski definition) is 7. The van der Waals surface area contributed by atoms with E-state index in [0.717, 1.165) is 20.9 Å². The second kappa shape index (κ2) is 10.7. The van der Waals surface area contributed by atoms with E-state index in [1.165, 1.54) is 18.3 Å². The summed E-state index contributed by atoms with van der Waals surface area (Å²) in [5.41, 5.74) is 2.26. The van der Waals surface area contributed by atoms with E-state index < -0.39 is 18.1 Å². The molecular weight excluding hydrogens is 482 g/mol. The number of benzene rings is 2. The highest BCUT2D eigenvalue weighted by atomic mass is 32.2. The van der Waals surface area contributed by atoms with Gasteiger partial charge in [0.05, 0.1) is 28.2 Å². The first kappa shape index (κ1) is 25.0. The van der Waals surface area contributed by atoms with Gasteiger partial charge in [-0.3, -0.25) is 14.4 Å². The van der Waals surface area contributed by atoms with E-state index in [2.05, 4.69) is 15.6 Å². The SMILES string of the molecule is CC(=O)N1CSC[C@H]1C(=O)NC(c1ccccc1)C(C)NC(=O)c1ccc2nc(N(C)C)sc2c1.